The molecule has 18 heavy (non-hydrogen) atoms. The zero-order chi connectivity index (χ0) is 13.0. The van der Waals surface area contributed by atoms with Gasteiger partial charge in [-0.25, -0.2) is 0 Å². The maximum absolute atomic E-state index is 11.8. The van der Waals surface area contributed by atoms with E-state index in [1.165, 1.54) is 12.8 Å². The lowest BCUT2D eigenvalue weighted by atomic mass is 9.88. The summed E-state index contributed by atoms with van der Waals surface area (Å²) in [6.45, 7) is 7.98. The van der Waals surface area contributed by atoms with Gasteiger partial charge in [0.2, 0.25) is 0 Å². The van der Waals surface area contributed by atoms with E-state index >= 15 is 0 Å². The van der Waals surface area contributed by atoms with Crippen molar-refractivity contribution in [3.05, 3.63) is 0 Å². The largest absolute Gasteiger partial charge is 0.466 e. The molecule has 0 aromatic rings. The summed E-state index contributed by atoms with van der Waals surface area (Å²) in [5, 5.41) is 0. The second-order valence-electron chi connectivity index (χ2n) is 5.73. The summed E-state index contributed by atoms with van der Waals surface area (Å²) in [6, 6.07) is 0. The zero-order valence-electron chi connectivity index (χ0n) is 11.6. The molecule has 2 aliphatic rings. The average molecular weight is 255 g/mol. The molecule has 1 atom stereocenters. The molecule has 1 aliphatic heterocycles. The Morgan fingerprint density at radius 3 is 2.61 bits per heavy atom. The minimum absolute atomic E-state index is 0.0444. The Hall–Kier alpha value is -0.610. The number of nitrogens with zero attached hydrogens (tertiary/aromatic N) is 1. The highest BCUT2D eigenvalue weighted by Gasteiger charge is 2.40. The van der Waals surface area contributed by atoms with Gasteiger partial charge in [0.1, 0.15) is 0 Å². The van der Waals surface area contributed by atoms with Crippen molar-refractivity contribution in [2.24, 2.45) is 5.92 Å². The average Bonchev–Trinajstić information content (AvgIpc) is 3.14. The maximum Gasteiger partial charge on any atom is 0.307 e. The van der Waals surface area contributed by atoms with Crippen molar-refractivity contribution in [2.75, 3.05) is 32.9 Å². The molecule has 2 fully saturated rings. The van der Waals surface area contributed by atoms with Gasteiger partial charge < -0.3 is 9.47 Å². The first kappa shape index (κ1) is 13.8. The molecule has 1 unspecified atom stereocenters. The van der Waals surface area contributed by atoms with Crippen LogP contribution in [0.5, 0.6) is 0 Å². The van der Waals surface area contributed by atoms with Crippen molar-refractivity contribution in [1.29, 1.82) is 0 Å². The molecule has 0 radical (unpaired) electrons. The van der Waals surface area contributed by atoms with Gasteiger partial charge in [-0.1, -0.05) is 12.8 Å². The molecule has 0 bridgehead atoms. The van der Waals surface area contributed by atoms with Crippen LogP contribution in [0.2, 0.25) is 0 Å². The molecule has 4 heteroatoms. The summed E-state index contributed by atoms with van der Waals surface area (Å²) in [6.07, 6.45) is 4.27. The Labute approximate surface area is 110 Å². The molecule has 1 heterocycles. The van der Waals surface area contributed by atoms with Crippen LogP contribution in [0, 0.1) is 5.92 Å². The third-order valence-electron chi connectivity index (χ3n) is 4.03. The monoisotopic (exact) mass is 255 g/mol. The fourth-order valence-electron chi connectivity index (χ4n) is 2.88. The van der Waals surface area contributed by atoms with Gasteiger partial charge >= 0.3 is 5.97 Å². The molecule has 104 valence electrons. The van der Waals surface area contributed by atoms with Gasteiger partial charge in [0.25, 0.3) is 0 Å². The van der Waals surface area contributed by atoms with Gasteiger partial charge in [0.15, 0.2) is 0 Å². The fourth-order valence-corrected chi connectivity index (χ4v) is 2.88. The lowest BCUT2D eigenvalue weighted by molar-refractivity contribution is -0.147. The van der Waals surface area contributed by atoms with E-state index in [1.54, 1.807) is 0 Å². The Bertz CT molecular complexity index is 285. The van der Waals surface area contributed by atoms with Gasteiger partial charge in [-0.2, -0.15) is 0 Å². The number of carbonyl (C=O) groups is 1. The van der Waals surface area contributed by atoms with Crippen LogP contribution in [0.25, 0.3) is 0 Å². The first-order valence-corrected chi connectivity index (χ1v) is 7.12. The normalized spacial score (nSPS) is 24.6. The molecule has 0 spiro atoms. The van der Waals surface area contributed by atoms with Crippen LogP contribution in [0.3, 0.4) is 0 Å². The summed E-state index contributed by atoms with van der Waals surface area (Å²) < 4.78 is 10.5. The Balaban J connectivity index is 1.97. The smallest absolute Gasteiger partial charge is 0.307 e. The van der Waals surface area contributed by atoms with E-state index < -0.39 is 0 Å². The van der Waals surface area contributed by atoms with Crippen LogP contribution in [0.15, 0.2) is 0 Å². The molecule has 1 saturated heterocycles. The lowest BCUT2D eigenvalue weighted by Crippen LogP contribution is -2.53. The van der Waals surface area contributed by atoms with Crippen LogP contribution >= 0.6 is 0 Å². The highest BCUT2D eigenvalue weighted by atomic mass is 16.5. The Morgan fingerprint density at radius 1 is 1.39 bits per heavy atom. The van der Waals surface area contributed by atoms with Crippen LogP contribution < -0.4 is 0 Å². The van der Waals surface area contributed by atoms with E-state index in [0.717, 1.165) is 38.6 Å². The summed E-state index contributed by atoms with van der Waals surface area (Å²) in [7, 11) is 0. The number of carbonyl (C=O) groups excluding carboxylic acids is 1. The van der Waals surface area contributed by atoms with Gasteiger partial charge in [-0.15, -0.1) is 0 Å². The van der Waals surface area contributed by atoms with E-state index in [2.05, 4.69) is 11.8 Å². The van der Waals surface area contributed by atoms with Crippen LogP contribution in [-0.2, 0) is 14.3 Å². The van der Waals surface area contributed by atoms with Gasteiger partial charge in [0.05, 0.1) is 26.2 Å². The van der Waals surface area contributed by atoms with E-state index in [1.807, 2.05) is 6.92 Å². The predicted octanol–water partition coefficient (Wildman–Crippen LogP) is 1.83. The molecular weight excluding hydrogens is 230 g/mol. The maximum atomic E-state index is 11.8. The molecule has 1 saturated carbocycles. The SMILES string of the molecule is CCOC(=O)CC(C)(CC1CC1)N1CCOCC1. The summed E-state index contributed by atoms with van der Waals surface area (Å²) in [4.78, 5) is 14.2. The van der Waals surface area contributed by atoms with Gasteiger partial charge in [0, 0.05) is 18.6 Å². The summed E-state index contributed by atoms with van der Waals surface area (Å²) >= 11 is 0. The summed E-state index contributed by atoms with van der Waals surface area (Å²) in [5.41, 5.74) is -0.0444. The first-order chi connectivity index (χ1) is 8.64. The van der Waals surface area contributed by atoms with E-state index in [-0.39, 0.29) is 11.5 Å². The number of rotatable bonds is 6. The van der Waals surface area contributed by atoms with Crippen molar-refractivity contribution in [3.63, 3.8) is 0 Å². The third-order valence-corrected chi connectivity index (χ3v) is 4.03. The number of hydrogen-bond donors (Lipinski definition) is 0. The number of ether oxygens (including phenoxy) is 2. The van der Waals surface area contributed by atoms with Crippen molar-refractivity contribution < 1.29 is 14.3 Å². The van der Waals surface area contributed by atoms with Crippen LogP contribution in [0.1, 0.15) is 39.5 Å². The highest BCUT2D eigenvalue weighted by Crippen LogP contribution is 2.40. The van der Waals surface area contributed by atoms with Crippen LogP contribution in [0.4, 0.5) is 0 Å². The molecule has 0 N–H and O–H groups in total. The number of esters is 1. The van der Waals surface area contributed by atoms with Crippen LogP contribution in [-0.4, -0.2) is 49.3 Å². The molecule has 0 aromatic carbocycles. The second kappa shape index (κ2) is 6.02. The standard InChI is InChI=1S/C14H25NO3/c1-3-18-13(16)11-14(2,10-12-4-5-12)15-6-8-17-9-7-15/h12H,3-11H2,1-2H3. The Kier molecular flexibility index (Phi) is 4.62. The molecule has 4 nitrogen and oxygen atoms in total. The lowest BCUT2D eigenvalue weighted by Gasteiger charge is -2.43. The summed E-state index contributed by atoms with van der Waals surface area (Å²) in [5.74, 6) is 0.749. The van der Waals surface area contributed by atoms with E-state index in [9.17, 15) is 4.79 Å². The van der Waals surface area contributed by atoms with Crippen molar-refractivity contribution in [3.8, 4) is 0 Å². The first-order valence-electron chi connectivity index (χ1n) is 7.12. The predicted molar refractivity (Wildman–Crippen MR) is 69.4 cm³/mol. The quantitative estimate of drug-likeness (QED) is 0.679. The molecule has 2 rings (SSSR count). The topological polar surface area (TPSA) is 38.8 Å². The third kappa shape index (κ3) is 3.69. The Morgan fingerprint density at radius 2 is 2.06 bits per heavy atom. The van der Waals surface area contributed by atoms with Crippen molar-refractivity contribution >= 4 is 5.97 Å². The van der Waals surface area contributed by atoms with Crippen molar-refractivity contribution in [1.82, 2.24) is 4.90 Å². The van der Waals surface area contributed by atoms with Gasteiger partial charge in [-0.3, -0.25) is 9.69 Å². The molecule has 1 aliphatic carbocycles. The fraction of sp³-hybridized carbons (Fsp3) is 0.929. The number of morpholine rings is 1. The van der Waals surface area contributed by atoms with Crippen molar-refractivity contribution in [2.45, 2.75) is 45.1 Å². The minimum atomic E-state index is -0.0628. The number of hydrogen-bond acceptors (Lipinski definition) is 4. The molecular formula is C14H25NO3. The van der Waals surface area contributed by atoms with E-state index in [4.69, 9.17) is 9.47 Å². The van der Waals surface area contributed by atoms with Gasteiger partial charge in [-0.05, 0) is 26.2 Å². The zero-order valence-corrected chi connectivity index (χ0v) is 11.6. The minimum Gasteiger partial charge on any atom is -0.466 e. The molecule has 0 aromatic heterocycles. The second-order valence-corrected chi connectivity index (χ2v) is 5.73. The molecule has 0 amide bonds. The van der Waals surface area contributed by atoms with E-state index in [0.29, 0.717) is 13.0 Å². The highest BCUT2D eigenvalue weighted by molar-refractivity contribution is 5.70.